The third kappa shape index (κ3) is 7.94. The van der Waals surface area contributed by atoms with Gasteiger partial charge in [0.25, 0.3) is 5.91 Å². The normalized spacial score (nSPS) is 17.7. The van der Waals surface area contributed by atoms with E-state index in [0.717, 1.165) is 36.9 Å². The van der Waals surface area contributed by atoms with Gasteiger partial charge in [-0.2, -0.15) is 5.26 Å². The number of halogens is 1. The van der Waals surface area contributed by atoms with E-state index in [2.05, 4.69) is 10.6 Å². The van der Waals surface area contributed by atoms with Crippen LogP contribution in [0.15, 0.2) is 30.0 Å². The van der Waals surface area contributed by atoms with Crippen molar-refractivity contribution in [1.29, 1.82) is 5.26 Å². The highest BCUT2D eigenvalue weighted by molar-refractivity contribution is 6.31. The van der Waals surface area contributed by atoms with E-state index in [1.165, 1.54) is 51.1 Å². The van der Waals surface area contributed by atoms with Gasteiger partial charge in [0.05, 0.1) is 0 Å². The Morgan fingerprint density at radius 1 is 1.07 bits per heavy atom. The molecule has 0 unspecified atom stereocenters. The molecule has 1 saturated carbocycles. The van der Waals surface area contributed by atoms with E-state index in [-0.39, 0.29) is 17.5 Å². The fourth-order valence-corrected chi connectivity index (χ4v) is 3.74. The summed E-state index contributed by atoms with van der Waals surface area (Å²) in [6.45, 7) is 1.93. The minimum Gasteiger partial charge on any atom is -0.360 e. The first kappa shape index (κ1) is 22.3. The van der Waals surface area contributed by atoms with Crippen LogP contribution in [0.3, 0.4) is 0 Å². The molecule has 2 N–H and O–H groups in total. The molecule has 0 radical (unpaired) electrons. The summed E-state index contributed by atoms with van der Waals surface area (Å²) < 4.78 is 0. The highest BCUT2D eigenvalue weighted by Gasteiger charge is 2.16. The van der Waals surface area contributed by atoms with E-state index >= 15 is 0 Å². The molecular weight excluding hydrogens is 370 g/mol. The van der Waals surface area contributed by atoms with Gasteiger partial charge in [-0.1, -0.05) is 75.5 Å². The zero-order chi connectivity index (χ0) is 20.2. The fourth-order valence-electron chi connectivity index (χ4n) is 3.56. The van der Waals surface area contributed by atoms with Crippen LogP contribution in [0.25, 0.3) is 0 Å². The number of carbonyl (C=O) groups excluding carboxylic acids is 1. The third-order valence-electron chi connectivity index (χ3n) is 5.36. The van der Waals surface area contributed by atoms with Crippen LogP contribution in [0.1, 0.15) is 76.2 Å². The number of hydrogen-bond donors (Lipinski definition) is 2. The van der Waals surface area contributed by atoms with E-state index in [1.807, 2.05) is 25.1 Å². The Morgan fingerprint density at radius 3 is 2.18 bits per heavy atom. The molecule has 4 nitrogen and oxygen atoms in total. The average Bonchev–Trinajstić information content (AvgIpc) is 2.67. The summed E-state index contributed by atoms with van der Waals surface area (Å²) in [6.07, 6.45) is 14.7. The Morgan fingerprint density at radius 2 is 1.64 bits per heavy atom. The van der Waals surface area contributed by atoms with E-state index in [1.54, 1.807) is 6.07 Å². The van der Waals surface area contributed by atoms with Gasteiger partial charge in [-0.15, -0.1) is 0 Å². The van der Waals surface area contributed by atoms with Crippen molar-refractivity contribution in [3.8, 4) is 6.07 Å². The Labute approximate surface area is 174 Å². The summed E-state index contributed by atoms with van der Waals surface area (Å²) in [5.41, 5.74) is 1.82. The molecule has 1 aliphatic carbocycles. The van der Waals surface area contributed by atoms with Crippen LogP contribution in [0.5, 0.6) is 0 Å². The van der Waals surface area contributed by atoms with Crippen molar-refractivity contribution in [2.45, 2.75) is 83.6 Å². The Hall–Kier alpha value is -1.99. The zero-order valence-corrected chi connectivity index (χ0v) is 17.7. The van der Waals surface area contributed by atoms with Gasteiger partial charge in [-0.05, 0) is 37.5 Å². The quantitative estimate of drug-likeness (QED) is 0.462. The predicted octanol–water partition coefficient (Wildman–Crippen LogP) is 6.26. The van der Waals surface area contributed by atoms with Gasteiger partial charge >= 0.3 is 0 Å². The van der Waals surface area contributed by atoms with Gasteiger partial charge in [-0.3, -0.25) is 4.79 Å². The van der Waals surface area contributed by atoms with E-state index in [4.69, 9.17) is 11.6 Å². The van der Waals surface area contributed by atoms with Gasteiger partial charge in [0.15, 0.2) is 0 Å². The lowest BCUT2D eigenvalue weighted by atomic mass is 9.98. The van der Waals surface area contributed by atoms with E-state index in [9.17, 15) is 10.1 Å². The molecule has 0 saturated heterocycles. The summed E-state index contributed by atoms with van der Waals surface area (Å²) in [5, 5.41) is 16.1. The number of rotatable bonds is 4. The monoisotopic (exact) mass is 401 g/mol. The van der Waals surface area contributed by atoms with Crippen LogP contribution >= 0.6 is 11.6 Å². The van der Waals surface area contributed by atoms with Crippen molar-refractivity contribution >= 4 is 23.2 Å². The zero-order valence-electron chi connectivity index (χ0n) is 16.9. The number of nitrogens with one attached hydrogen (secondary N) is 2. The summed E-state index contributed by atoms with van der Waals surface area (Å²) in [6, 6.07) is 7.72. The number of aryl methyl sites for hydroxylation is 1. The third-order valence-corrected chi connectivity index (χ3v) is 5.77. The molecule has 152 valence electrons. The van der Waals surface area contributed by atoms with Gasteiger partial charge in [-0.25, -0.2) is 0 Å². The lowest BCUT2D eigenvalue weighted by Gasteiger charge is -2.19. The first-order chi connectivity index (χ1) is 13.6. The molecule has 0 aliphatic heterocycles. The molecule has 1 aromatic rings. The molecule has 0 atom stereocenters. The highest BCUT2D eigenvalue weighted by atomic mass is 35.5. The van der Waals surface area contributed by atoms with Crippen molar-refractivity contribution < 1.29 is 4.79 Å². The Kier molecular flexibility index (Phi) is 9.93. The number of nitrogens with zero attached hydrogens (tertiary/aromatic N) is 1. The molecule has 28 heavy (non-hydrogen) atoms. The molecule has 2 rings (SSSR count). The van der Waals surface area contributed by atoms with Gasteiger partial charge in [0.2, 0.25) is 0 Å². The number of anilines is 1. The molecule has 1 aromatic carbocycles. The summed E-state index contributed by atoms with van der Waals surface area (Å²) in [7, 11) is 0. The number of amides is 1. The van der Waals surface area contributed by atoms with Gasteiger partial charge < -0.3 is 10.6 Å². The van der Waals surface area contributed by atoms with Crippen LogP contribution in [0.2, 0.25) is 5.02 Å². The second-order valence-electron chi connectivity index (χ2n) is 7.71. The Bertz CT molecular complexity index is 696. The molecule has 0 spiro atoms. The maximum absolute atomic E-state index is 12.6. The smallest absolute Gasteiger partial charge is 0.263 e. The summed E-state index contributed by atoms with van der Waals surface area (Å²) in [5.74, 6) is -0.301. The van der Waals surface area contributed by atoms with Crippen LogP contribution in [0, 0.1) is 18.3 Å². The summed E-state index contributed by atoms with van der Waals surface area (Å²) in [4.78, 5) is 12.6. The molecule has 1 fully saturated rings. The minimum absolute atomic E-state index is 0.0859. The topological polar surface area (TPSA) is 64.9 Å². The number of hydrogen-bond acceptors (Lipinski definition) is 3. The number of nitriles is 1. The number of carbonyl (C=O) groups is 1. The first-order valence-corrected chi connectivity index (χ1v) is 10.9. The molecule has 5 heteroatoms. The molecule has 1 amide bonds. The van der Waals surface area contributed by atoms with Crippen LogP contribution < -0.4 is 10.6 Å². The maximum Gasteiger partial charge on any atom is 0.263 e. The van der Waals surface area contributed by atoms with Crippen LogP contribution in [0.4, 0.5) is 5.69 Å². The summed E-state index contributed by atoms with van der Waals surface area (Å²) >= 11 is 6.12. The van der Waals surface area contributed by atoms with Crippen molar-refractivity contribution in [3.05, 3.63) is 40.6 Å². The first-order valence-electron chi connectivity index (χ1n) is 10.5. The Balaban J connectivity index is 1.93. The standard InChI is InChI=1S/C23H32ClN3O/c1-18-13-14-21(15-22(18)24)26-17-19(16-25)23(28)27-20-11-9-7-5-3-2-4-6-8-10-12-20/h13-15,17,20,26H,2-12H2,1H3,(H,27,28)/b19-17-. The van der Waals surface area contributed by atoms with Gasteiger partial charge in [0.1, 0.15) is 11.6 Å². The van der Waals surface area contributed by atoms with Crippen molar-refractivity contribution in [2.24, 2.45) is 0 Å². The highest BCUT2D eigenvalue weighted by Crippen LogP contribution is 2.20. The average molecular weight is 402 g/mol. The van der Waals surface area contributed by atoms with Crippen LogP contribution in [-0.2, 0) is 4.79 Å². The van der Waals surface area contributed by atoms with E-state index < -0.39 is 0 Å². The fraction of sp³-hybridized carbons (Fsp3) is 0.565. The molecule has 0 heterocycles. The van der Waals surface area contributed by atoms with E-state index in [0.29, 0.717) is 5.02 Å². The molecule has 0 bridgehead atoms. The molecule has 1 aliphatic rings. The maximum atomic E-state index is 12.6. The molecular formula is C23H32ClN3O. The van der Waals surface area contributed by atoms with Crippen molar-refractivity contribution in [2.75, 3.05) is 5.32 Å². The lowest BCUT2D eigenvalue weighted by Crippen LogP contribution is -2.35. The van der Waals surface area contributed by atoms with Crippen molar-refractivity contribution in [3.63, 3.8) is 0 Å². The largest absolute Gasteiger partial charge is 0.360 e. The second kappa shape index (κ2) is 12.5. The van der Waals surface area contributed by atoms with Crippen molar-refractivity contribution in [1.82, 2.24) is 5.32 Å². The SMILES string of the molecule is Cc1ccc(N/C=C(/C#N)C(=O)NC2CCCCCCCCCCC2)cc1Cl. The minimum atomic E-state index is -0.301. The van der Waals surface area contributed by atoms with Gasteiger partial charge in [0, 0.05) is 23.0 Å². The second-order valence-corrected chi connectivity index (χ2v) is 8.12. The van der Waals surface area contributed by atoms with Crippen LogP contribution in [-0.4, -0.2) is 11.9 Å². The predicted molar refractivity (Wildman–Crippen MR) is 116 cm³/mol. The lowest BCUT2D eigenvalue weighted by molar-refractivity contribution is -0.117. The number of benzene rings is 1. The molecule has 0 aromatic heterocycles.